The van der Waals surface area contributed by atoms with Crippen LogP contribution >= 0.6 is 11.3 Å². The molecule has 112 valence electrons. The van der Waals surface area contributed by atoms with Gasteiger partial charge in [0.25, 0.3) is 0 Å². The van der Waals surface area contributed by atoms with Crippen LogP contribution in [0.3, 0.4) is 0 Å². The third-order valence-corrected chi connectivity index (χ3v) is 3.93. The highest BCUT2D eigenvalue weighted by atomic mass is 32.1. The van der Waals surface area contributed by atoms with E-state index >= 15 is 0 Å². The lowest BCUT2D eigenvalue weighted by Crippen LogP contribution is -2.29. The van der Waals surface area contributed by atoms with Gasteiger partial charge in [0.15, 0.2) is 0 Å². The summed E-state index contributed by atoms with van der Waals surface area (Å²) < 4.78 is 6.20. The minimum Gasteiger partial charge on any atom is -0.469 e. The van der Waals surface area contributed by atoms with Gasteiger partial charge in [-0.1, -0.05) is 11.3 Å². The van der Waals surface area contributed by atoms with Crippen molar-refractivity contribution < 1.29 is 14.3 Å². The summed E-state index contributed by atoms with van der Waals surface area (Å²) in [6.45, 7) is 2.77. The molecule has 0 unspecified atom stereocenters. The summed E-state index contributed by atoms with van der Waals surface area (Å²) in [7, 11) is 2.98. The van der Waals surface area contributed by atoms with Crippen molar-refractivity contribution in [2.24, 2.45) is 0 Å². The third-order valence-electron chi connectivity index (χ3n) is 3.05. The molecule has 20 heavy (non-hydrogen) atoms. The van der Waals surface area contributed by atoms with Crippen LogP contribution in [0.4, 0.5) is 0 Å². The van der Waals surface area contributed by atoms with E-state index in [1.165, 1.54) is 23.3 Å². The molecule has 0 atom stereocenters. The fraction of sp³-hybridized carbons (Fsp3) is 0.615. The molecular formula is C13H20N2O4S. The minimum absolute atomic E-state index is 0.00833. The molecule has 0 aromatic carbocycles. The molecule has 0 aliphatic carbocycles. The van der Waals surface area contributed by atoms with Gasteiger partial charge in [-0.15, -0.1) is 0 Å². The smallest absolute Gasteiger partial charge is 0.307 e. The summed E-state index contributed by atoms with van der Waals surface area (Å²) in [6, 6.07) is 0. The normalized spacial score (nSPS) is 10.3. The summed E-state index contributed by atoms with van der Waals surface area (Å²) in [5.41, 5.74) is 0.923. The Morgan fingerprint density at radius 2 is 2.10 bits per heavy atom. The maximum Gasteiger partial charge on any atom is 0.307 e. The van der Waals surface area contributed by atoms with Gasteiger partial charge in [0, 0.05) is 37.6 Å². The van der Waals surface area contributed by atoms with E-state index < -0.39 is 0 Å². The number of nitrogens with zero attached hydrogens (tertiary/aromatic N) is 2. The summed E-state index contributed by atoms with van der Waals surface area (Å²) in [5.74, 6) is -0.361. The van der Waals surface area contributed by atoms with E-state index in [2.05, 4.69) is 4.74 Å². The first-order valence-electron chi connectivity index (χ1n) is 6.41. The molecule has 1 aromatic rings. The summed E-state index contributed by atoms with van der Waals surface area (Å²) >= 11 is 1.17. The van der Waals surface area contributed by atoms with Crippen LogP contribution in [0.25, 0.3) is 0 Å². The molecule has 0 fully saturated rings. The third kappa shape index (κ3) is 4.80. The van der Waals surface area contributed by atoms with Gasteiger partial charge in [0.1, 0.15) is 0 Å². The Labute approximate surface area is 122 Å². The zero-order valence-corrected chi connectivity index (χ0v) is 12.9. The number of ether oxygens (including phenoxy) is 1. The Bertz CT molecular complexity index is 521. The fourth-order valence-electron chi connectivity index (χ4n) is 1.74. The number of carbonyl (C=O) groups excluding carboxylic acids is 2. The molecule has 0 saturated carbocycles. The lowest BCUT2D eigenvalue weighted by Gasteiger charge is -2.16. The van der Waals surface area contributed by atoms with Crippen LogP contribution in [-0.2, 0) is 20.9 Å². The van der Waals surface area contributed by atoms with Crippen molar-refractivity contribution in [1.82, 2.24) is 9.47 Å². The van der Waals surface area contributed by atoms with Gasteiger partial charge in [0.2, 0.25) is 5.91 Å². The highest BCUT2D eigenvalue weighted by Crippen LogP contribution is 2.04. The molecule has 1 aromatic heterocycles. The number of carbonyl (C=O) groups is 2. The predicted octanol–water partition coefficient (Wildman–Crippen LogP) is 1.02. The SMILES string of the molecule is COC(=O)CCN(C)C(=O)CCCn1c(C)csc1=O. The topological polar surface area (TPSA) is 68.6 Å². The summed E-state index contributed by atoms with van der Waals surface area (Å²) in [4.78, 5) is 35.8. The number of aryl methyl sites for hydroxylation is 1. The van der Waals surface area contributed by atoms with E-state index in [4.69, 9.17) is 0 Å². The van der Waals surface area contributed by atoms with Gasteiger partial charge in [0.05, 0.1) is 13.5 Å². The molecule has 0 saturated heterocycles. The molecule has 6 nitrogen and oxygen atoms in total. The predicted molar refractivity (Wildman–Crippen MR) is 76.8 cm³/mol. The number of rotatable bonds is 7. The van der Waals surface area contributed by atoms with Crippen molar-refractivity contribution in [3.63, 3.8) is 0 Å². The summed E-state index contributed by atoms with van der Waals surface area (Å²) in [6.07, 6.45) is 1.17. The van der Waals surface area contributed by atoms with Crippen molar-refractivity contribution in [2.75, 3.05) is 20.7 Å². The number of hydrogen-bond donors (Lipinski definition) is 0. The first kappa shape index (κ1) is 16.4. The Hall–Kier alpha value is -1.63. The number of aromatic nitrogens is 1. The Morgan fingerprint density at radius 3 is 2.65 bits per heavy atom. The van der Waals surface area contributed by atoms with Crippen molar-refractivity contribution in [3.05, 3.63) is 20.7 Å². The maximum absolute atomic E-state index is 11.8. The first-order valence-corrected chi connectivity index (χ1v) is 7.29. The second-order valence-corrected chi connectivity index (χ2v) is 5.36. The highest BCUT2D eigenvalue weighted by Gasteiger charge is 2.11. The first-order chi connectivity index (χ1) is 9.45. The second-order valence-electron chi connectivity index (χ2n) is 4.54. The van der Waals surface area contributed by atoms with Crippen LogP contribution in [0, 0.1) is 6.92 Å². The van der Waals surface area contributed by atoms with Gasteiger partial charge in [-0.05, 0) is 13.3 Å². The van der Waals surface area contributed by atoms with Crippen LogP contribution in [-0.4, -0.2) is 42.0 Å². The van der Waals surface area contributed by atoms with Crippen LogP contribution in [0.2, 0.25) is 0 Å². The number of thiazole rings is 1. The lowest BCUT2D eigenvalue weighted by atomic mass is 10.2. The minimum atomic E-state index is -0.329. The molecule has 1 heterocycles. The zero-order valence-electron chi connectivity index (χ0n) is 12.0. The quantitative estimate of drug-likeness (QED) is 0.705. The van der Waals surface area contributed by atoms with E-state index in [-0.39, 0.29) is 23.2 Å². The molecule has 0 spiro atoms. The van der Waals surface area contributed by atoms with E-state index in [9.17, 15) is 14.4 Å². The van der Waals surface area contributed by atoms with Gasteiger partial charge in [-0.3, -0.25) is 14.4 Å². The maximum atomic E-state index is 11.8. The lowest BCUT2D eigenvalue weighted by molar-refractivity contribution is -0.141. The molecular weight excluding hydrogens is 280 g/mol. The average Bonchev–Trinajstić information content (AvgIpc) is 2.75. The number of methoxy groups -OCH3 is 1. The molecule has 0 bridgehead atoms. The van der Waals surface area contributed by atoms with Crippen LogP contribution in [0.1, 0.15) is 25.0 Å². The van der Waals surface area contributed by atoms with Crippen molar-refractivity contribution in [3.8, 4) is 0 Å². The Morgan fingerprint density at radius 1 is 1.40 bits per heavy atom. The van der Waals surface area contributed by atoms with Gasteiger partial charge in [-0.25, -0.2) is 0 Å². The molecule has 0 radical (unpaired) electrons. The standard InChI is InChI=1S/C13H20N2O4S/c1-10-9-20-13(18)15(10)7-4-5-11(16)14(2)8-6-12(17)19-3/h9H,4-8H2,1-3H3. The van der Waals surface area contributed by atoms with E-state index in [1.54, 1.807) is 11.6 Å². The number of esters is 1. The largest absolute Gasteiger partial charge is 0.469 e. The van der Waals surface area contributed by atoms with Crippen LogP contribution < -0.4 is 4.87 Å². The number of amides is 1. The van der Waals surface area contributed by atoms with Gasteiger partial charge < -0.3 is 14.2 Å². The molecule has 0 aliphatic heterocycles. The monoisotopic (exact) mass is 300 g/mol. The van der Waals surface area contributed by atoms with Crippen molar-refractivity contribution in [2.45, 2.75) is 32.7 Å². The molecule has 0 aliphatic rings. The molecule has 1 amide bonds. The fourth-order valence-corrected chi connectivity index (χ4v) is 2.50. The van der Waals surface area contributed by atoms with E-state index in [0.29, 0.717) is 25.9 Å². The van der Waals surface area contributed by atoms with Crippen molar-refractivity contribution >= 4 is 23.2 Å². The van der Waals surface area contributed by atoms with Crippen LogP contribution in [0.15, 0.2) is 10.2 Å². The van der Waals surface area contributed by atoms with E-state index in [0.717, 1.165) is 5.69 Å². The summed E-state index contributed by atoms with van der Waals surface area (Å²) in [5, 5.41) is 1.81. The Kier molecular flexibility index (Phi) is 6.44. The number of hydrogen-bond acceptors (Lipinski definition) is 5. The average molecular weight is 300 g/mol. The van der Waals surface area contributed by atoms with Crippen molar-refractivity contribution in [1.29, 1.82) is 0 Å². The van der Waals surface area contributed by atoms with E-state index in [1.807, 2.05) is 12.3 Å². The molecule has 7 heteroatoms. The Balaban J connectivity index is 2.33. The second kappa shape index (κ2) is 7.84. The zero-order chi connectivity index (χ0) is 15.1. The van der Waals surface area contributed by atoms with Gasteiger partial charge in [-0.2, -0.15) is 0 Å². The van der Waals surface area contributed by atoms with Gasteiger partial charge >= 0.3 is 10.8 Å². The molecule has 1 rings (SSSR count). The van der Waals surface area contributed by atoms with Crippen LogP contribution in [0.5, 0.6) is 0 Å². The highest BCUT2D eigenvalue weighted by molar-refractivity contribution is 7.07. The molecule has 0 N–H and O–H groups in total.